The van der Waals surface area contributed by atoms with Gasteiger partial charge in [-0.3, -0.25) is 0 Å². The van der Waals surface area contributed by atoms with Crippen LogP contribution in [0.4, 0.5) is 0 Å². The molecular formula is C14H21N3O2S. The van der Waals surface area contributed by atoms with Crippen LogP contribution in [0.3, 0.4) is 0 Å². The summed E-state index contributed by atoms with van der Waals surface area (Å²) in [7, 11) is 7.44. The lowest BCUT2D eigenvalue weighted by Gasteiger charge is -2.07. The second-order valence-electron chi connectivity index (χ2n) is 4.77. The van der Waals surface area contributed by atoms with Gasteiger partial charge in [-0.05, 0) is 27.1 Å². The smallest absolute Gasteiger partial charge is 0.166 e. The highest BCUT2D eigenvalue weighted by molar-refractivity contribution is 7.99. The maximum Gasteiger partial charge on any atom is 0.166 e. The topological polar surface area (TPSA) is 50.4 Å². The first kappa shape index (κ1) is 15.0. The van der Waals surface area contributed by atoms with Crippen molar-refractivity contribution in [3.63, 3.8) is 0 Å². The second kappa shape index (κ2) is 6.85. The van der Waals surface area contributed by atoms with Gasteiger partial charge >= 0.3 is 0 Å². The number of nitrogens with zero attached hydrogens (tertiary/aromatic N) is 2. The number of nitrogens with one attached hydrogen (secondary N) is 1. The summed E-state index contributed by atoms with van der Waals surface area (Å²) in [5, 5.41) is 0.939. The molecule has 1 N–H and O–H groups in total. The second-order valence-corrected chi connectivity index (χ2v) is 5.86. The molecule has 5 nitrogen and oxygen atoms in total. The Morgan fingerprint density at radius 1 is 1.20 bits per heavy atom. The van der Waals surface area contributed by atoms with E-state index in [-0.39, 0.29) is 0 Å². The fourth-order valence-corrected chi connectivity index (χ4v) is 2.74. The molecule has 2 aromatic rings. The van der Waals surface area contributed by atoms with Crippen molar-refractivity contribution in [1.29, 1.82) is 0 Å². The van der Waals surface area contributed by atoms with Gasteiger partial charge in [0.15, 0.2) is 16.7 Å². The average molecular weight is 295 g/mol. The molecule has 0 spiro atoms. The first-order valence-corrected chi connectivity index (χ1v) is 7.52. The Balaban J connectivity index is 2.08. The summed E-state index contributed by atoms with van der Waals surface area (Å²) in [6, 6.07) is 3.82. The molecule has 0 aliphatic heterocycles. The van der Waals surface area contributed by atoms with Crippen LogP contribution in [-0.2, 0) is 0 Å². The molecule has 0 amide bonds. The number of aromatic nitrogens is 2. The fourth-order valence-electron chi connectivity index (χ4n) is 1.93. The number of H-pyrrole nitrogens is 1. The number of aromatic amines is 1. The molecular weight excluding hydrogens is 274 g/mol. The summed E-state index contributed by atoms with van der Waals surface area (Å²) in [4.78, 5) is 10.1. The van der Waals surface area contributed by atoms with Crippen LogP contribution in [0.25, 0.3) is 11.0 Å². The highest BCUT2D eigenvalue weighted by Crippen LogP contribution is 2.32. The quantitative estimate of drug-likeness (QED) is 0.628. The number of hydrogen-bond donors (Lipinski definition) is 1. The number of hydrogen-bond acceptors (Lipinski definition) is 5. The lowest BCUT2D eigenvalue weighted by Crippen LogP contribution is -2.13. The maximum atomic E-state index is 5.29. The van der Waals surface area contributed by atoms with Gasteiger partial charge in [-0.2, -0.15) is 0 Å². The van der Waals surface area contributed by atoms with Crippen LogP contribution in [0.1, 0.15) is 6.42 Å². The molecule has 0 unspecified atom stereocenters. The maximum absolute atomic E-state index is 5.29. The van der Waals surface area contributed by atoms with Crippen LogP contribution in [0.5, 0.6) is 11.5 Å². The van der Waals surface area contributed by atoms with Crippen molar-refractivity contribution < 1.29 is 9.47 Å². The largest absolute Gasteiger partial charge is 0.493 e. The van der Waals surface area contributed by atoms with Crippen molar-refractivity contribution in [3.05, 3.63) is 12.1 Å². The summed E-state index contributed by atoms with van der Waals surface area (Å²) >= 11 is 1.74. The Labute approximate surface area is 123 Å². The molecule has 1 aromatic carbocycles. The van der Waals surface area contributed by atoms with Gasteiger partial charge in [-0.1, -0.05) is 11.8 Å². The number of thioether (sulfide) groups is 1. The summed E-state index contributed by atoms with van der Waals surface area (Å²) in [6.45, 7) is 1.09. The van der Waals surface area contributed by atoms with Crippen LogP contribution in [0.15, 0.2) is 17.3 Å². The molecule has 20 heavy (non-hydrogen) atoms. The van der Waals surface area contributed by atoms with Gasteiger partial charge in [0.1, 0.15) is 0 Å². The Morgan fingerprint density at radius 2 is 1.90 bits per heavy atom. The molecule has 0 atom stereocenters. The van der Waals surface area contributed by atoms with Crippen molar-refractivity contribution in [1.82, 2.24) is 14.9 Å². The van der Waals surface area contributed by atoms with Gasteiger partial charge in [0.05, 0.1) is 25.3 Å². The fraction of sp³-hybridized carbons (Fsp3) is 0.500. The Morgan fingerprint density at radius 3 is 2.55 bits per heavy atom. The summed E-state index contributed by atoms with van der Waals surface area (Å²) in [5.74, 6) is 2.47. The minimum Gasteiger partial charge on any atom is -0.493 e. The third-order valence-corrected chi connectivity index (χ3v) is 3.91. The first-order chi connectivity index (χ1) is 9.63. The number of benzene rings is 1. The van der Waals surface area contributed by atoms with Crippen molar-refractivity contribution in [2.75, 3.05) is 40.6 Å². The number of methoxy groups -OCH3 is 2. The van der Waals surface area contributed by atoms with E-state index < -0.39 is 0 Å². The van der Waals surface area contributed by atoms with E-state index in [9.17, 15) is 0 Å². The SMILES string of the molecule is COc1cc2nc(SCCCN(C)C)[nH]c2cc1OC. The molecule has 0 saturated heterocycles. The highest BCUT2D eigenvalue weighted by Gasteiger charge is 2.10. The van der Waals surface area contributed by atoms with E-state index in [1.807, 2.05) is 12.1 Å². The monoisotopic (exact) mass is 295 g/mol. The zero-order valence-electron chi connectivity index (χ0n) is 12.4. The normalized spacial score (nSPS) is 11.2. The number of imidazole rings is 1. The minimum atomic E-state index is 0.704. The molecule has 0 aliphatic rings. The molecule has 0 bridgehead atoms. The molecule has 2 rings (SSSR count). The van der Waals surface area contributed by atoms with E-state index in [1.165, 1.54) is 0 Å². The summed E-state index contributed by atoms with van der Waals surface area (Å²) in [5.41, 5.74) is 1.87. The summed E-state index contributed by atoms with van der Waals surface area (Å²) < 4.78 is 10.6. The molecule has 1 aromatic heterocycles. The predicted molar refractivity (Wildman–Crippen MR) is 83.1 cm³/mol. The van der Waals surface area contributed by atoms with E-state index in [2.05, 4.69) is 29.0 Å². The van der Waals surface area contributed by atoms with Crippen molar-refractivity contribution in [2.24, 2.45) is 0 Å². The van der Waals surface area contributed by atoms with E-state index in [0.29, 0.717) is 11.5 Å². The zero-order chi connectivity index (χ0) is 14.5. The number of ether oxygens (including phenoxy) is 2. The first-order valence-electron chi connectivity index (χ1n) is 6.53. The van der Waals surface area contributed by atoms with Gasteiger partial charge in [0, 0.05) is 17.9 Å². The lowest BCUT2D eigenvalue weighted by atomic mass is 10.3. The minimum absolute atomic E-state index is 0.704. The molecule has 0 fully saturated rings. The zero-order valence-corrected chi connectivity index (χ0v) is 13.2. The average Bonchev–Trinajstić information content (AvgIpc) is 2.83. The highest BCUT2D eigenvalue weighted by atomic mass is 32.2. The van der Waals surface area contributed by atoms with Crippen molar-refractivity contribution in [2.45, 2.75) is 11.6 Å². The van der Waals surface area contributed by atoms with Crippen molar-refractivity contribution in [3.8, 4) is 11.5 Å². The molecule has 110 valence electrons. The van der Waals surface area contributed by atoms with Gasteiger partial charge in [-0.25, -0.2) is 4.98 Å². The third-order valence-electron chi connectivity index (χ3n) is 2.95. The molecule has 1 heterocycles. The van der Waals surface area contributed by atoms with Gasteiger partial charge in [-0.15, -0.1) is 0 Å². The van der Waals surface area contributed by atoms with Crippen LogP contribution < -0.4 is 9.47 Å². The molecule has 6 heteroatoms. The molecule has 0 saturated carbocycles. The third kappa shape index (κ3) is 3.58. The number of fused-ring (bicyclic) bond motifs is 1. The summed E-state index contributed by atoms with van der Waals surface area (Å²) in [6.07, 6.45) is 1.14. The van der Waals surface area contributed by atoms with Gasteiger partial charge in [0.2, 0.25) is 0 Å². The standard InChI is InChI=1S/C14H21N3O2S/c1-17(2)6-5-7-20-14-15-10-8-12(18-3)13(19-4)9-11(10)16-14/h8-9H,5-7H2,1-4H3,(H,15,16). The molecule has 0 aliphatic carbocycles. The Kier molecular flexibility index (Phi) is 5.14. The van der Waals surface area contributed by atoms with Crippen LogP contribution >= 0.6 is 11.8 Å². The van der Waals surface area contributed by atoms with Gasteiger partial charge in [0.25, 0.3) is 0 Å². The molecule has 0 radical (unpaired) electrons. The van der Waals surface area contributed by atoms with Crippen molar-refractivity contribution >= 4 is 22.8 Å². The number of rotatable bonds is 7. The van der Waals surface area contributed by atoms with Crippen LogP contribution in [0, 0.1) is 0 Å². The van der Waals surface area contributed by atoms with E-state index >= 15 is 0 Å². The Hall–Kier alpha value is -1.40. The Bertz CT molecular complexity index is 528. The predicted octanol–water partition coefficient (Wildman–Crippen LogP) is 2.62. The van der Waals surface area contributed by atoms with Crippen LogP contribution in [0.2, 0.25) is 0 Å². The van der Waals surface area contributed by atoms with E-state index in [1.54, 1.807) is 26.0 Å². The lowest BCUT2D eigenvalue weighted by molar-refractivity contribution is 0.356. The van der Waals surface area contributed by atoms with Gasteiger partial charge < -0.3 is 19.4 Å². The van der Waals surface area contributed by atoms with E-state index in [4.69, 9.17) is 9.47 Å². The van der Waals surface area contributed by atoms with E-state index in [0.717, 1.165) is 34.9 Å². The van der Waals surface area contributed by atoms with Crippen LogP contribution in [-0.4, -0.2) is 55.5 Å².